The summed E-state index contributed by atoms with van der Waals surface area (Å²) in [5.74, 6) is 0.112. The van der Waals surface area contributed by atoms with Crippen LogP contribution < -0.4 is 0 Å². The van der Waals surface area contributed by atoms with Crippen LogP contribution in [0.2, 0.25) is 0 Å². The van der Waals surface area contributed by atoms with Gasteiger partial charge in [0.2, 0.25) is 5.91 Å². The zero-order valence-corrected chi connectivity index (χ0v) is 12.9. The highest BCUT2D eigenvalue weighted by atomic mass is 32.2. The van der Waals surface area contributed by atoms with E-state index in [1.807, 2.05) is 31.2 Å². The Hall–Kier alpha value is -1.04. The second-order valence-corrected chi connectivity index (χ2v) is 5.78. The topological polar surface area (TPSA) is 38.8 Å². The summed E-state index contributed by atoms with van der Waals surface area (Å²) in [7, 11) is 6.75. The van der Waals surface area contributed by atoms with Crippen LogP contribution in [0.15, 0.2) is 29.2 Å². The van der Waals surface area contributed by atoms with Gasteiger partial charge in [-0.05, 0) is 19.1 Å². The Labute approximate surface area is 119 Å². The molecule has 1 aromatic rings. The predicted molar refractivity (Wildman–Crippen MR) is 77.2 cm³/mol. The van der Waals surface area contributed by atoms with Crippen molar-refractivity contribution in [2.45, 2.75) is 23.4 Å². The number of hydrogen-bond donors (Lipinski definition) is 0. The van der Waals surface area contributed by atoms with Crippen LogP contribution in [0.5, 0.6) is 0 Å². The first-order valence-corrected chi connectivity index (χ1v) is 6.91. The Morgan fingerprint density at radius 1 is 1.16 bits per heavy atom. The van der Waals surface area contributed by atoms with Crippen LogP contribution in [-0.2, 0) is 14.3 Å². The van der Waals surface area contributed by atoms with Crippen LogP contribution in [-0.4, -0.2) is 44.4 Å². The molecule has 0 N–H and O–H groups in total. The Bertz CT molecular complexity index is 402. The molecule has 0 saturated carbocycles. The standard InChI is InChI=1S/C14H21NO3S/c1-10(13(16)15(2)3)19-12-8-6-11(7-9-12)14(17-4)18-5/h6-10,14H,1-5H3. The molecule has 0 radical (unpaired) electrons. The number of thioether (sulfide) groups is 1. The van der Waals surface area contributed by atoms with Gasteiger partial charge in [-0.15, -0.1) is 11.8 Å². The van der Waals surface area contributed by atoms with Crippen LogP contribution >= 0.6 is 11.8 Å². The molecule has 5 heteroatoms. The summed E-state index contributed by atoms with van der Waals surface area (Å²) in [5.41, 5.74) is 0.959. The molecule has 0 spiro atoms. The lowest BCUT2D eigenvalue weighted by Gasteiger charge is -2.17. The van der Waals surface area contributed by atoms with E-state index in [0.29, 0.717) is 0 Å². The van der Waals surface area contributed by atoms with Gasteiger partial charge < -0.3 is 14.4 Å². The molecular formula is C14H21NO3S. The quantitative estimate of drug-likeness (QED) is 0.594. The molecule has 19 heavy (non-hydrogen) atoms. The van der Waals surface area contributed by atoms with Gasteiger partial charge >= 0.3 is 0 Å². The van der Waals surface area contributed by atoms with Crippen molar-refractivity contribution in [2.75, 3.05) is 28.3 Å². The average molecular weight is 283 g/mol. The first kappa shape index (κ1) is 16.0. The van der Waals surface area contributed by atoms with E-state index in [0.717, 1.165) is 10.5 Å². The average Bonchev–Trinajstić information content (AvgIpc) is 2.41. The van der Waals surface area contributed by atoms with Crippen LogP contribution in [0.1, 0.15) is 18.8 Å². The summed E-state index contributed by atoms with van der Waals surface area (Å²) < 4.78 is 10.4. The van der Waals surface area contributed by atoms with E-state index in [1.54, 1.807) is 45.0 Å². The van der Waals surface area contributed by atoms with Gasteiger partial charge in [0.25, 0.3) is 0 Å². The largest absolute Gasteiger partial charge is 0.352 e. The molecule has 106 valence electrons. The van der Waals surface area contributed by atoms with Gasteiger partial charge in [0, 0.05) is 38.8 Å². The van der Waals surface area contributed by atoms with Crippen molar-refractivity contribution in [1.82, 2.24) is 4.90 Å². The Morgan fingerprint density at radius 3 is 2.11 bits per heavy atom. The molecule has 1 atom stereocenters. The molecule has 1 aromatic carbocycles. The normalized spacial score (nSPS) is 12.5. The minimum absolute atomic E-state index is 0.0958. The molecule has 0 fully saturated rings. The molecular weight excluding hydrogens is 262 g/mol. The van der Waals surface area contributed by atoms with Crippen LogP contribution in [0, 0.1) is 0 Å². The molecule has 1 rings (SSSR count). The van der Waals surface area contributed by atoms with Crippen molar-refractivity contribution < 1.29 is 14.3 Å². The molecule has 0 saturated heterocycles. The number of rotatable bonds is 6. The van der Waals surface area contributed by atoms with Crippen molar-refractivity contribution in [3.63, 3.8) is 0 Å². The summed E-state index contributed by atoms with van der Waals surface area (Å²) in [4.78, 5) is 14.4. The molecule has 0 aliphatic carbocycles. The first-order valence-electron chi connectivity index (χ1n) is 6.03. The zero-order chi connectivity index (χ0) is 14.4. The van der Waals surface area contributed by atoms with Crippen molar-refractivity contribution in [1.29, 1.82) is 0 Å². The van der Waals surface area contributed by atoms with E-state index < -0.39 is 0 Å². The lowest BCUT2D eigenvalue weighted by Crippen LogP contribution is -2.29. The molecule has 0 aliphatic heterocycles. The smallest absolute Gasteiger partial charge is 0.235 e. The fourth-order valence-electron chi connectivity index (χ4n) is 1.69. The van der Waals surface area contributed by atoms with Crippen molar-refractivity contribution >= 4 is 17.7 Å². The SMILES string of the molecule is COC(OC)c1ccc(SC(C)C(=O)N(C)C)cc1. The summed E-state index contributed by atoms with van der Waals surface area (Å²) in [6, 6.07) is 7.86. The maximum absolute atomic E-state index is 11.8. The number of carbonyl (C=O) groups is 1. The van der Waals surface area contributed by atoms with Crippen molar-refractivity contribution in [3.8, 4) is 0 Å². The highest BCUT2D eigenvalue weighted by Gasteiger charge is 2.16. The fourth-order valence-corrected chi connectivity index (χ4v) is 2.70. The first-order chi connectivity index (χ1) is 8.99. The number of amides is 1. The highest BCUT2D eigenvalue weighted by molar-refractivity contribution is 8.00. The van der Waals surface area contributed by atoms with Gasteiger partial charge in [-0.25, -0.2) is 0 Å². The number of benzene rings is 1. The molecule has 0 aromatic heterocycles. The minimum atomic E-state index is -0.347. The fraction of sp³-hybridized carbons (Fsp3) is 0.500. The predicted octanol–water partition coefficient (Wildman–Crippen LogP) is 2.55. The number of methoxy groups -OCH3 is 2. The molecule has 0 aliphatic rings. The van der Waals surface area contributed by atoms with Gasteiger partial charge in [0.1, 0.15) is 0 Å². The Morgan fingerprint density at radius 2 is 1.68 bits per heavy atom. The lowest BCUT2D eigenvalue weighted by atomic mass is 10.2. The van der Waals surface area contributed by atoms with E-state index >= 15 is 0 Å². The van der Waals surface area contributed by atoms with Gasteiger partial charge in [-0.3, -0.25) is 4.79 Å². The number of nitrogens with zero attached hydrogens (tertiary/aromatic N) is 1. The van der Waals surface area contributed by atoms with Crippen LogP contribution in [0.4, 0.5) is 0 Å². The Balaban J connectivity index is 2.69. The van der Waals surface area contributed by atoms with E-state index in [4.69, 9.17) is 9.47 Å². The summed E-state index contributed by atoms with van der Waals surface area (Å²) in [5, 5.41) is -0.0958. The number of hydrogen-bond acceptors (Lipinski definition) is 4. The van der Waals surface area contributed by atoms with E-state index in [2.05, 4.69) is 0 Å². The van der Waals surface area contributed by atoms with Gasteiger partial charge in [-0.2, -0.15) is 0 Å². The summed E-state index contributed by atoms with van der Waals surface area (Å²) in [6.07, 6.45) is -0.347. The summed E-state index contributed by atoms with van der Waals surface area (Å²) in [6.45, 7) is 1.91. The third-order valence-corrected chi connectivity index (χ3v) is 3.78. The molecule has 1 unspecified atom stereocenters. The molecule has 4 nitrogen and oxygen atoms in total. The Kier molecular flexibility index (Phi) is 6.34. The van der Waals surface area contributed by atoms with E-state index in [1.165, 1.54) is 0 Å². The monoisotopic (exact) mass is 283 g/mol. The number of carbonyl (C=O) groups excluding carboxylic acids is 1. The third kappa shape index (κ3) is 4.53. The van der Waals surface area contributed by atoms with Gasteiger partial charge in [0.15, 0.2) is 6.29 Å². The van der Waals surface area contributed by atoms with Gasteiger partial charge in [0.05, 0.1) is 5.25 Å². The molecule has 0 heterocycles. The van der Waals surface area contributed by atoms with Crippen molar-refractivity contribution in [2.24, 2.45) is 0 Å². The lowest BCUT2D eigenvalue weighted by molar-refractivity contribution is -0.127. The molecule has 1 amide bonds. The van der Waals surface area contributed by atoms with E-state index in [-0.39, 0.29) is 17.4 Å². The van der Waals surface area contributed by atoms with Gasteiger partial charge in [-0.1, -0.05) is 12.1 Å². The molecule has 0 bridgehead atoms. The van der Waals surface area contributed by atoms with E-state index in [9.17, 15) is 4.79 Å². The zero-order valence-electron chi connectivity index (χ0n) is 12.0. The highest BCUT2D eigenvalue weighted by Crippen LogP contribution is 2.26. The maximum atomic E-state index is 11.8. The third-order valence-electron chi connectivity index (χ3n) is 2.68. The van der Waals surface area contributed by atoms with Crippen molar-refractivity contribution in [3.05, 3.63) is 29.8 Å². The second kappa shape index (κ2) is 7.53. The maximum Gasteiger partial charge on any atom is 0.235 e. The van der Waals surface area contributed by atoms with Crippen LogP contribution in [0.25, 0.3) is 0 Å². The second-order valence-electron chi connectivity index (χ2n) is 4.37. The minimum Gasteiger partial charge on any atom is -0.352 e. The van der Waals surface area contributed by atoms with Crippen LogP contribution in [0.3, 0.4) is 0 Å². The summed E-state index contributed by atoms with van der Waals surface area (Å²) >= 11 is 1.54. The number of ether oxygens (including phenoxy) is 2.